The van der Waals surface area contributed by atoms with Crippen LogP contribution in [0.3, 0.4) is 0 Å². The van der Waals surface area contributed by atoms with Gasteiger partial charge in [-0.25, -0.2) is 0 Å². The van der Waals surface area contributed by atoms with Gasteiger partial charge in [0.2, 0.25) is 0 Å². The topological polar surface area (TPSA) is 54.3 Å². The van der Waals surface area contributed by atoms with Crippen LogP contribution < -0.4 is 5.32 Å². The number of halogens is 3. The second kappa shape index (κ2) is 6.40. The molecule has 136 valence electrons. The summed E-state index contributed by atoms with van der Waals surface area (Å²) in [5, 5.41) is 12.8. The van der Waals surface area contributed by atoms with Crippen LogP contribution in [0.4, 0.5) is 18.9 Å². The maximum absolute atomic E-state index is 12.8. The summed E-state index contributed by atoms with van der Waals surface area (Å²) >= 11 is 0. The van der Waals surface area contributed by atoms with Gasteiger partial charge in [0.15, 0.2) is 0 Å². The van der Waals surface area contributed by atoms with Gasteiger partial charge in [-0.2, -0.15) is 13.2 Å². The van der Waals surface area contributed by atoms with E-state index in [2.05, 4.69) is 5.32 Å². The normalized spacial score (nSPS) is 11.9. The third-order valence-electron chi connectivity index (χ3n) is 4.07. The Balaban J connectivity index is 1.99. The molecule has 0 aliphatic rings. The fraction of sp³-hybridized carbons (Fsp3) is 0.211. The molecule has 0 radical (unpaired) electrons. The lowest BCUT2D eigenvalue weighted by Gasteiger charge is -2.09. The van der Waals surface area contributed by atoms with Crippen molar-refractivity contribution in [2.45, 2.75) is 26.1 Å². The highest BCUT2D eigenvalue weighted by Gasteiger charge is 2.30. The number of carbonyl (C=O) groups is 1. The number of nitrogens with zero attached hydrogens (tertiary/aromatic N) is 1. The van der Waals surface area contributed by atoms with Crippen molar-refractivity contribution in [3.8, 4) is 5.75 Å². The number of anilines is 1. The zero-order valence-corrected chi connectivity index (χ0v) is 14.1. The predicted molar refractivity (Wildman–Crippen MR) is 93.4 cm³/mol. The number of phenols is 1. The maximum atomic E-state index is 12.8. The van der Waals surface area contributed by atoms with Gasteiger partial charge < -0.3 is 15.0 Å². The number of aromatic hydroxyl groups is 1. The van der Waals surface area contributed by atoms with Crippen molar-refractivity contribution in [3.05, 3.63) is 59.8 Å². The van der Waals surface area contributed by atoms with Crippen LogP contribution in [0.1, 0.15) is 35.8 Å². The second-order valence-electron chi connectivity index (χ2n) is 6.28. The first-order valence-electron chi connectivity index (χ1n) is 7.99. The molecule has 1 heterocycles. The average molecular weight is 362 g/mol. The molecule has 3 aromatic rings. The molecule has 0 unspecified atom stereocenters. The van der Waals surface area contributed by atoms with E-state index < -0.39 is 17.6 Å². The zero-order valence-electron chi connectivity index (χ0n) is 14.1. The summed E-state index contributed by atoms with van der Waals surface area (Å²) in [6.07, 6.45) is -2.84. The van der Waals surface area contributed by atoms with Crippen LogP contribution in [-0.4, -0.2) is 15.6 Å². The molecule has 2 N–H and O–H groups in total. The van der Waals surface area contributed by atoms with E-state index >= 15 is 0 Å². The van der Waals surface area contributed by atoms with Crippen molar-refractivity contribution in [2.24, 2.45) is 0 Å². The molecule has 7 heteroatoms. The van der Waals surface area contributed by atoms with Crippen LogP contribution in [0.15, 0.2) is 48.7 Å². The largest absolute Gasteiger partial charge is 0.508 e. The number of hydrogen-bond acceptors (Lipinski definition) is 2. The Kier molecular flexibility index (Phi) is 4.39. The van der Waals surface area contributed by atoms with Gasteiger partial charge in [0, 0.05) is 29.4 Å². The van der Waals surface area contributed by atoms with Gasteiger partial charge in [-0.1, -0.05) is 6.07 Å². The molecular formula is C19H17F3N2O2. The maximum Gasteiger partial charge on any atom is 0.416 e. The van der Waals surface area contributed by atoms with Gasteiger partial charge in [-0.3, -0.25) is 4.79 Å². The predicted octanol–water partition coefficient (Wildman–Crippen LogP) is 5.20. The van der Waals surface area contributed by atoms with Crippen molar-refractivity contribution < 1.29 is 23.1 Å². The van der Waals surface area contributed by atoms with Crippen molar-refractivity contribution in [1.82, 2.24) is 4.57 Å². The molecule has 1 aromatic heterocycles. The van der Waals surface area contributed by atoms with E-state index in [1.54, 1.807) is 18.3 Å². The van der Waals surface area contributed by atoms with Crippen LogP contribution in [0, 0.1) is 0 Å². The first-order valence-corrected chi connectivity index (χ1v) is 7.99. The van der Waals surface area contributed by atoms with Crippen molar-refractivity contribution >= 4 is 22.5 Å². The Morgan fingerprint density at radius 1 is 1.15 bits per heavy atom. The van der Waals surface area contributed by atoms with Crippen LogP contribution >= 0.6 is 0 Å². The smallest absolute Gasteiger partial charge is 0.416 e. The number of carbonyl (C=O) groups excluding carboxylic acids is 1. The Morgan fingerprint density at radius 3 is 2.54 bits per heavy atom. The summed E-state index contributed by atoms with van der Waals surface area (Å²) in [6, 6.07) is 9.16. The van der Waals surface area contributed by atoms with Crippen molar-refractivity contribution in [3.63, 3.8) is 0 Å². The third kappa shape index (κ3) is 3.37. The number of benzene rings is 2. The average Bonchev–Trinajstić information content (AvgIpc) is 2.93. The fourth-order valence-electron chi connectivity index (χ4n) is 2.82. The van der Waals surface area contributed by atoms with Gasteiger partial charge in [0.05, 0.1) is 16.6 Å². The highest BCUT2D eigenvalue weighted by molar-refractivity contribution is 6.13. The number of amides is 1. The summed E-state index contributed by atoms with van der Waals surface area (Å²) in [4.78, 5) is 12.6. The molecule has 0 spiro atoms. The lowest BCUT2D eigenvalue weighted by molar-refractivity contribution is -0.137. The third-order valence-corrected chi connectivity index (χ3v) is 4.07. The van der Waals surface area contributed by atoms with E-state index in [0.717, 1.165) is 12.1 Å². The van der Waals surface area contributed by atoms with E-state index in [-0.39, 0.29) is 17.5 Å². The van der Waals surface area contributed by atoms with Gasteiger partial charge in [0.1, 0.15) is 5.75 Å². The van der Waals surface area contributed by atoms with Crippen LogP contribution in [0.2, 0.25) is 0 Å². The first-order chi connectivity index (χ1) is 12.2. The summed E-state index contributed by atoms with van der Waals surface area (Å²) in [5.74, 6) is -0.443. The van der Waals surface area contributed by atoms with E-state index in [1.807, 2.05) is 18.4 Å². The van der Waals surface area contributed by atoms with E-state index in [0.29, 0.717) is 16.5 Å². The number of aromatic nitrogens is 1. The van der Waals surface area contributed by atoms with Crippen LogP contribution in [-0.2, 0) is 6.18 Å². The molecule has 0 fully saturated rings. The summed E-state index contributed by atoms with van der Waals surface area (Å²) in [6.45, 7) is 3.86. The van der Waals surface area contributed by atoms with Crippen LogP contribution in [0.5, 0.6) is 5.75 Å². The highest BCUT2D eigenvalue weighted by atomic mass is 19.4. The number of nitrogens with one attached hydrogen (secondary N) is 1. The standard InChI is InChI=1S/C19H17F3N2O2/c1-11(2)24-10-16(15-7-6-14(25)9-17(15)24)18(26)23-13-5-3-4-12(8-13)19(20,21)22/h3-11,25H,1-2H3,(H,23,26). The zero-order chi connectivity index (χ0) is 19.1. The molecule has 2 aromatic carbocycles. The first kappa shape index (κ1) is 17.8. The van der Waals surface area contributed by atoms with E-state index in [1.165, 1.54) is 18.2 Å². The lowest BCUT2D eigenvalue weighted by atomic mass is 10.1. The number of rotatable bonds is 3. The second-order valence-corrected chi connectivity index (χ2v) is 6.28. The van der Waals surface area contributed by atoms with Crippen molar-refractivity contribution in [1.29, 1.82) is 0 Å². The van der Waals surface area contributed by atoms with E-state index in [9.17, 15) is 23.1 Å². The molecule has 3 rings (SSSR count). The number of alkyl halides is 3. The molecular weight excluding hydrogens is 345 g/mol. The Labute approximate surface area is 147 Å². The Hall–Kier alpha value is -2.96. The minimum absolute atomic E-state index is 0.0365. The highest BCUT2D eigenvalue weighted by Crippen LogP contribution is 2.32. The number of hydrogen-bond donors (Lipinski definition) is 2. The van der Waals surface area contributed by atoms with Gasteiger partial charge in [0.25, 0.3) is 5.91 Å². The quantitative estimate of drug-likeness (QED) is 0.673. The Bertz CT molecular complexity index is 975. The molecule has 1 amide bonds. The molecule has 0 saturated carbocycles. The van der Waals surface area contributed by atoms with Gasteiger partial charge in [-0.05, 0) is 44.2 Å². The molecule has 0 saturated heterocycles. The minimum Gasteiger partial charge on any atom is -0.508 e. The molecule has 4 nitrogen and oxygen atoms in total. The SMILES string of the molecule is CC(C)n1cc(C(=O)Nc2cccc(C(F)(F)F)c2)c2ccc(O)cc21. The van der Waals surface area contributed by atoms with E-state index in [4.69, 9.17) is 0 Å². The molecule has 26 heavy (non-hydrogen) atoms. The molecule has 0 aliphatic heterocycles. The van der Waals surface area contributed by atoms with Crippen molar-refractivity contribution in [2.75, 3.05) is 5.32 Å². The molecule has 0 bridgehead atoms. The summed E-state index contributed by atoms with van der Waals surface area (Å²) in [7, 11) is 0. The summed E-state index contributed by atoms with van der Waals surface area (Å²) in [5.41, 5.74) is 0.235. The molecule has 0 aliphatic carbocycles. The monoisotopic (exact) mass is 362 g/mol. The summed E-state index contributed by atoms with van der Waals surface area (Å²) < 4.78 is 40.3. The lowest BCUT2D eigenvalue weighted by Crippen LogP contribution is -2.13. The molecule has 0 atom stereocenters. The minimum atomic E-state index is -4.48. The van der Waals surface area contributed by atoms with Gasteiger partial charge >= 0.3 is 6.18 Å². The fourth-order valence-corrected chi connectivity index (χ4v) is 2.82. The van der Waals surface area contributed by atoms with Gasteiger partial charge in [-0.15, -0.1) is 0 Å². The number of fused-ring (bicyclic) bond motifs is 1. The number of phenolic OH excluding ortho intramolecular Hbond substituents is 1. The van der Waals surface area contributed by atoms with Crippen LogP contribution in [0.25, 0.3) is 10.9 Å². The Morgan fingerprint density at radius 2 is 1.88 bits per heavy atom.